The molecule has 0 unspecified atom stereocenters. The Morgan fingerprint density at radius 1 is 0.783 bits per heavy atom. The Morgan fingerprint density at radius 3 is 1.83 bits per heavy atom. The summed E-state index contributed by atoms with van der Waals surface area (Å²) in [5, 5.41) is 7.63. The van der Waals surface area contributed by atoms with Crippen LogP contribution >= 0.6 is 0 Å². The van der Waals surface area contributed by atoms with Crippen molar-refractivity contribution in [1.82, 2.24) is 29.8 Å². The van der Waals surface area contributed by atoms with Gasteiger partial charge in [0.15, 0.2) is 0 Å². The highest BCUT2D eigenvalue weighted by molar-refractivity contribution is 5.08. The Morgan fingerprint density at radius 2 is 1.30 bits per heavy atom. The molecule has 0 aromatic carbocycles. The Kier molecular flexibility index (Phi) is 9.40. The quantitative estimate of drug-likeness (QED) is 0.625. The van der Waals surface area contributed by atoms with Gasteiger partial charge >= 0.3 is 0 Å². The van der Waals surface area contributed by atoms with Crippen LogP contribution in [-0.4, -0.2) is 98.3 Å². The molecule has 1 aromatic heterocycles. The van der Waals surface area contributed by atoms with Crippen LogP contribution in [0.3, 0.4) is 0 Å². The van der Waals surface area contributed by atoms with Gasteiger partial charge in [-0.15, -0.1) is 0 Å². The molecule has 1 N–H and O–H groups in total. The molecular weight excluding hydrogens is 288 g/mol. The van der Waals surface area contributed by atoms with Crippen molar-refractivity contribution in [3.05, 3.63) is 17.5 Å². The predicted octanol–water partition coefficient (Wildman–Crippen LogP) is 1.18. The molecule has 1 rings (SSSR count). The fourth-order valence-electron chi connectivity index (χ4n) is 2.61. The highest BCUT2D eigenvalue weighted by atomic mass is 15.2. The van der Waals surface area contributed by atoms with E-state index >= 15 is 0 Å². The number of aromatic amines is 1. The number of rotatable bonds is 12. The van der Waals surface area contributed by atoms with Gasteiger partial charge in [-0.2, -0.15) is 5.10 Å². The van der Waals surface area contributed by atoms with Crippen molar-refractivity contribution in [3.8, 4) is 0 Å². The lowest BCUT2D eigenvalue weighted by Crippen LogP contribution is -2.23. The van der Waals surface area contributed by atoms with Gasteiger partial charge in [-0.05, 0) is 87.4 Å². The third-order valence-electron chi connectivity index (χ3n) is 3.85. The monoisotopic (exact) mass is 324 g/mol. The molecule has 0 saturated heterocycles. The van der Waals surface area contributed by atoms with Crippen molar-refractivity contribution < 1.29 is 0 Å². The highest BCUT2D eigenvalue weighted by Gasteiger charge is 2.07. The van der Waals surface area contributed by atoms with E-state index in [2.05, 4.69) is 78.1 Å². The Bertz CT molecular complexity index is 378. The summed E-state index contributed by atoms with van der Waals surface area (Å²) in [6.45, 7) is 6.32. The lowest BCUT2D eigenvalue weighted by Gasteiger charge is -2.17. The molecule has 0 bridgehead atoms. The summed E-state index contributed by atoms with van der Waals surface area (Å²) in [5.41, 5.74) is 2.34. The summed E-state index contributed by atoms with van der Waals surface area (Å²) in [6.07, 6.45) is 2.38. The maximum Gasteiger partial charge on any atom is 0.0765 e. The average molecular weight is 325 g/mol. The van der Waals surface area contributed by atoms with Gasteiger partial charge in [-0.3, -0.25) is 5.10 Å². The zero-order chi connectivity index (χ0) is 17.2. The van der Waals surface area contributed by atoms with E-state index in [-0.39, 0.29) is 0 Å². The van der Waals surface area contributed by atoms with Gasteiger partial charge in [0.25, 0.3) is 0 Å². The van der Waals surface area contributed by atoms with Gasteiger partial charge in [0.05, 0.1) is 5.69 Å². The van der Waals surface area contributed by atoms with Crippen LogP contribution in [0.4, 0.5) is 0 Å². The molecule has 1 aromatic rings. The minimum Gasteiger partial charge on any atom is -0.309 e. The molecule has 0 radical (unpaired) electrons. The Labute approximate surface area is 142 Å². The molecule has 134 valence electrons. The second-order valence-electron chi connectivity index (χ2n) is 7.17. The first-order valence-corrected chi connectivity index (χ1v) is 8.56. The van der Waals surface area contributed by atoms with E-state index < -0.39 is 0 Å². The molecule has 6 heteroatoms. The molecule has 0 amide bonds. The smallest absolute Gasteiger partial charge is 0.0765 e. The predicted molar refractivity (Wildman–Crippen MR) is 97.6 cm³/mol. The van der Waals surface area contributed by atoms with Crippen LogP contribution in [0.15, 0.2) is 6.07 Å². The van der Waals surface area contributed by atoms with Crippen molar-refractivity contribution in [2.45, 2.75) is 25.9 Å². The summed E-state index contributed by atoms with van der Waals surface area (Å²) in [4.78, 5) is 9.15. The van der Waals surface area contributed by atoms with Crippen molar-refractivity contribution in [1.29, 1.82) is 0 Å². The first-order chi connectivity index (χ1) is 10.9. The third kappa shape index (κ3) is 9.71. The first-order valence-electron chi connectivity index (χ1n) is 8.56. The van der Waals surface area contributed by atoms with Crippen molar-refractivity contribution in [2.24, 2.45) is 0 Å². The molecule has 0 atom stereocenters. The maximum atomic E-state index is 4.45. The van der Waals surface area contributed by atoms with E-state index in [1.807, 2.05) is 0 Å². The van der Waals surface area contributed by atoms with E-state index in [1.54, 1.807) is 0 Å². The minimum atomic E-state index is 0.911. The zero-order valence-electron chi connectivity index (χ0n) is 16.0. The standard InChI is InChI=1S/C17H36N6/c1-20(2)9-7-11-22(5)14-16-13-17(19-18-16)15-23(6)12-8-10-21(3)4/h13H,7-12,14-15H2,1-6H3,(H,18,19). The number of hydrogen-bond donors (Lipinski definition) is 1. The molecule has 23 heavy (non-hydrogen) atoms. The molecule has 0 aliphatic carbocycles. The molecule has 1 heterocycles. The van der Waals surface area contributed by atoms with Crippen LogP contribution < -0.4 is 0 Å². The SMILES string of the molecule is CN(C)CCCN(C)Cc1cc(CN(C)CCCN(C)C)[nH]n1. The second-order valence-corrected chi connectivity index (χ2v) is 7.17. The van der Waals surface area contributed by atoms with Crippen LogP contribution in [0, 0.1) is 0 Å². The molecular formula is C17H36N6. The lowest BCUT2D eigenvalue weighted by molar-refractivity contribution is 0.291. The molecule has 0 aliphatic heterocycles. The van der Waals surface area contributed by atoms with E-state index in [9.17, 15) is 0 Å². The van der Waals surface area contributed by atoms with Gasteiger partial charge in [0.2, 0.25) is 0 Å². The normalized spacial score (nSPS) is 12.3. The second kappa shape index (κ2) is 10.8. The van der Waals surface area contributed by atoms with Gasteiger partial charge in [0, 0.05) is 18.8 Å². The van der Waals surface area contributed by atoms with Gasteiger partial charge < -0.3 is 19.6 Å². The Balaban J connectivity index is 2.28. The van der Waals surface area contributed by atoms with Gasteiger partial charge in [0.1, 0.15) is 0 Å². The zero-order valence-corrected chi connectivity index (χ0v) is 16.0. The lowest BCUT2D eigenvalue weighted by atomic mass is 10.3. The molecule has 0 saturated carbocycles. The number of hydrogen-bond acceptors (Lipinski definition) is 5. The van der Waals surface area contributed by atoms with Gasteiger partial charge in [-0.1, -0.05) is 0 Å². The van der Waals surface area contributed by atoms with E-state index in [0.29, 0.717) is 0 Å². The summed E-state index contributed by atoms with van der Waals surface area (Å²) in [6, 6.07) is 2.20. The number of nitrogens with zero attached hydrogens (tertiary/aromatic N) is 5. The maximum absolute atomic E-state index is 4.45. The minimum absolute atomic E-state index is 0.911. The molecule has 0 fully saturated rings. The molecule has 0 aliphatic rings. The van der Waals surface area contributed by atoms with E-state index in [4.69, 9.17) is 0 Å². The number of nitrogens with one attached hydrogen (secondary N) is 1. The topological polar surface area (TPSA) is 41.6 Å². The fourth-order valence-corrected chi connectivity index (χ4v) is 2.61. The average Bonchev–Trinajstić information content (AvgIpc) is 2.84. The van der Waals surface area contributed by atoms with Crippen molar-refractivity contribution in [2.75, 3.05) is 68.5 Å². The van der Waals surface area contributed by atoms with Crippen LogP contribution in [0.25, 0.3) is 0 Å². The summed E-state index contributed by atoms with van der Waals surface area (Å²) in [7, 11) is 12.8. The van der Waals surface area contributed by atoms with Crippen LogP contribution in [0.2, 0.25) is 0 Å². The summed E-state index contributed by atoms with van der Waals surface area (Å²) in [5.74, 6) is 0. The van der Waals surface area contributed by atoms with Crippen LogP contribution in [0.1, 0.15) is 24.2 Å². The largest absolute Gasteiger partial charge is 0.309 e. The summed E-state index contributed by atoms with van der Waals surface area (Å²) < 4.78 is 0. The van der Waals surface area contributed by atoms with Gasteiger partial charge in [-0.25, -0.2) is 0 Å². The number of H-pyrrole nitrogens is 1. The molecule has 6 nitrogen and oxygen atoms in total. The fraction of sp³-hybridized carbons (Fsp3) is 0.824. The van der Waals surface area contributed by atoms with Crippen LogP contribution in [0.5, 0.6) is 0 Å². The summed E-state index contributed by atoms with van der Waals surface area (Å²) >= 11 is 0. The first kappa shape index (κ1) is 20.1. The van der Waals surface area contributed by atoms with Crippen LogP contribution in [-0.2, 0) is 13.1 Å². The third-order valence-corrected chi connectivity index (χ3v) is 3.85. The van der Waals surface area contributed by atoms with Crippen molar-refractivity contribution in [3.63, 3.8) is 0 Å². The Hall–Kier alpha value is -0.950. The highest BCUT2D eigenvalue weighted by Crippen LogP contribution is 2.06. The van der Waals surface area contributed by atoms with Crippen molar-refractivity contribution >= 4 is 0 Å². The van der Waals surface area contributed by atoms with E-state index in [0.717, 1.165) is 45.0 Å². The van der Waals surface area contributed by atoms with E-state index in [1.165, 1.54) is 18.5 Å². The number of aromatic nitrogens is 2. The molecule has 0 spiro atoms.